The van der Waals surface area contributed by atoms with Crippen LogP contribution >= 0.6 is 11.8 Å². The summed E-state index contributed by atoms with van der Waals surface area (Å²) in [6, 6.07) is 13.7. The zero-order valence-corrected chi connectivity index (χ0v) is 11.7. The highest BCUT2D eigenvalue weighted by molar-refractivity contribution is 7.99. The molecule has 3 aromatic rings. The Kier molecular flexibility index (Phi) is 3.78. The summed E-state index contributed by atoms with van der Waals surface area (Å²) in [4.78, 5) is 9.61. The molecule has 5 heteroatoms. The first-order valence-electron chi connectivity index (χ1n) is 6.28. The molecule has 0 aliphatic heterocycles. The third-order valence-electron chi connectivity index (χ3n) is 2.79. The number of benzene rings is 1. The highest BCUT2D eigenvalue weighted by atomic mass is 32.2. The van der Waals surface area contributed by atoms with Crippen LogP contribution in [0, 0.1) is 0 Å². The topological polar surface area (TPSA) is 51.8 Å². The summed E-state index contributed by atoms with van der Waals surface area (Å²) in [6.45, 7) is 2.06. The van der Waals surface area contributed by atoms with Crippen LogP contribution < -0.4 is 0 Å². The Labute approximate surface area is 121 Å². The Bertz CT molecular complexity index is 670. The molecule has 2 aromatic heterocycles. The summed E-state index contributed by atoms with van der Waals surface area (Å²) in [5.41, 5.74) is 0.937. The molecule has 0 saturated heterocycles. The van der Waals surface area contributed by atoms with E-state index in [-0.39, 0.29) is 5.25 Å². The second kappa shape index (κ2) is 5.88. The van der Waals surface area contributed by atoms with E-state index in [9.17, 15) is 0 Å². The fourth-order valence-corrected chi connectivity index (χ4v) is 2.66. The van der Waals surface area contributed by atoms with Crippen molar-refractivity contribution in [2.45, 2.75) is 17.1 Å². The van der Waals surface area contributed by atoms with Crippen LogP contribution in [0.5, 0.6) is 0 Å². The van der Waals surface area contributed by atoms with E-state index in [4.69, 9.17) is 4.52 Å². The zero-order chi connectivity index (χ0) is 13.8. The van der Waals surface area contributed by atoms with Gasteiger partial charge in [0.1, 0.15) is 0 Å². The maximum Gasteiger partial charge on any atom is 0.257 e. The van der Waals surface area contributed by atoms with Crippen LogP contribution in [0.2, 0.25) is 0 Å². The normalized spacial score (nSPS) is 12.2. The van der Waals surface area contributed by atoms with Crippen molar-refractivity contribution >= 4 is 11.8 Å². The van der Waals surface area contributed by atoms with E-state index in [1.165, 1.54) is 0 Å². The maximum absolute atomic E-state index is 5.32. The molecular weight excluding hydrogens is 270 g/mol. The highest BCUT2D eigenvalue weighted by Gasteiger charge is 2.15. The van der Waals surface area contributed by atoms with Gasteiger partial charge in [-0.2, -0.15) is 4.98 Å². The Morgan fingerprint density at radius 2 is 1.80 bits per heavy atom. The van der Waals surface area contributed by atoms with Crippen molar-refractivity contribution < 1.29 is 4.52 Å². The average molecular weight is 283 g/mol. The Balaban J connectivity index is 1.77. The predicted molar refractivity (Wildman–Crippen MR) is 78.2 cm³/mol. The van der Waals surface area contributed by atoms with Gasteiger partial charge in [0.25, 0.3) is 5.89 Å². The van der Waals surface area contributed by atoms with E-state index in [1.54, 1.807) is 24.2 Å². The lowest BCUT2D eigenvalue weighted by atomic mass is 10.2. The molecule has 1 atom stereocenters. The van der Waals surface area contributed by atoms with Gasteiger partial charge in [-0.25, -0.2) is 0 Å². The molecule has 0 amide bonds. The van der Waals surface area contributed by atoms with Gasteiger partial charge in [-0.05, 0) is 31.2 Å². The standard InChI is InChI=1S/C15H13N3OS/c1-11(20-13-7-9-16-10-8-13)14-17-15(19-18-14)12-5-3-2-4-6-12/h2-11H,1H3/t11-/m0/s1. The lowest BCUT2D eigenvalue weighted by Gasteiger charge is -2.05. The minimum atomic E-state index is 0.124. The molecule has 0 bridgehead atoms. The lowest BCUT2D eigenvalue weighted by Crippen LogP contribution is -1.91. The number of aromatic nitrogens is 3. The first-order chi connectivity index (χ1) is 9.83. The lowest BCUT2D eigenvalue weighted by molar-refractivity contribution is 0.423. The predicted octanol–water partition coefficient (Wildman–Crippen LogP) is 3.98. The fourth-order valence-electron chi connectivity index (χ4n) is 1.77. The van der Waals surface area contributed by atoms with E-state index in [0.29, 0.717) is 11.7 Å². The van der Waals surface area contributed by atoms with E-state index in [0.717, 1.165) is 10.5 Å². The smallest absolute Gasteiger partial charge is 0.257 e. The molecule has 20 heavy (non-hydrogen) atoms. The van der Waals surface area contributed by atoms with Crippen molar-refractivity contribution in [1.82, 2.24) is 15.1 Å². The van der Waals surface area contributed by atoms with E-state index < -0.39 is 0 Å². The average Bonchev–Trinajstić information content (AvgIpc) is 2.99. The minimum absolute atomic E-state index is 0.124. The summed E-state index contributed by atoms with van der Waals surface area (Å²) in [7, 11) is 0. The van der Waals surface area contributed by atoms with Crippen molar-refractivity contribution in [1.29, 1.82) is 0 Å². The molecule has 0 spiro atoms. The second-order valence-electron chi connectivity index (χ2n) is 4.27. The number of pyridine rings is 1. The Hall–Kier alpha value is -2.14. The van der Waals surface area contributed by atoms with Gasteiger partial charge in [-0.3, -0.25) is 4.98 Å². The number of hydrogen-bond donors (Lipinski definition) is 0. The molecule has 0 aliphatic carbocycles. The molecule has 2 heterocycles. The fraction of sp³-hybridized carbons (Fsp3) is 0.133. The monoisotopic (exact) mass is 283 g/mol. The largest absolute Gasteiger partial charge is 0.334 e. The van der Waals surface area contributed by atoms with Crippen molar-refractivity contribution in [2.24, 2.45) is 0 Å². The van der Waals surface area contributed by atoms with Gasteiger partial charge in [0, 0.05) is 22.9 Å². The third kappa shape index (κ3) is 2.88. The van der Waals surface area contributed by atoms with Crippen molar-refractivity contribution in [3.8, 4) is 11.5 Å². The number of nitrogens with zero attached hydrogens (tertiary/aromatic N) is 3. The zero-order valence-electron chi connectivity index (χ0n) is 10.9. The van der Waals surface area contributed by atoms with Crippen LogP contribution in [0.3, 0.4) is 0 Å². The van der Waals surface area contributed by atoms with Crippen LogP contribution in [0.1, 0.15) is 18.0 Å². The minimum Gasteiger partial charge on any atom is -0.334 e. The van der Waals surface area contributed by atoms with Crippen LogP contribution in [0.15, 0.2) is 64.3 Å². The van der Waals surface area contributed by atoms with Gasteiger partial charge in [0.15, 0.2) is 5.82 Å². The van der Waals surface area contributed by atoms with E-state index in [2.05, 4.69) is 22.0 Å². The molecule has 0 saturated carbocycles. The quantitative estimate of drug-likeness (QED) is 0.678. The van der Waals surface area contributed by atoms with Gasteiger partial charge < -0.3 is 4.52 Å². The van der Waals surface area contributed by atoms with Gasteiger partial charge in [0.2, 0.25) is 0 Å². The maximum atomic E-state index is 5.32. The van der Waals surface area contributed by atoms with E-state index in [1.807, 2.05) is 42.5 Å². The molecule has 0 radical (unpaired) electrons. The number of hydrogen-bond acceptors (Lipinski definition) is 5. The third-order valence-corrected chi connectivity index (χ3v) is 3.90. The molecule has 100 valence electrons. The van der Waals surface area contributed by atoms with Gasteiger partial charge in [0.05, 0.1) is 5.25 Å². The van der Waals surface area contributed by atoms with Gasteiger partial charge in [-0.1, -0.05) is 23.4 Å². The van der Waals surface area contributed by atoms with Crippen molar-refractivity contribution in [3.05, 3.63) is 60.7 Å². The van der Waals surface area contributed by atoms with Gasteiger partial charge in [-0.15, -0.1) is 11.8 Å². The molecule has 3 rings (SSSR count). The summed E-state index contributed by atoms with van der Waals surface area (Å²) >= 11 is 1.68. The first-order valence-corrected chi connectivity index (χ1v) is 7.16. The molecule has 4 nitrogen and oxygen atoms in total. The van der Waals surface area contributed by atoms with Crippen molar-refractivity contribution in [2.75, 3.05) is 0 Å². The number of thioether (sulfide) groups is 1. The molecule has 0 aliphatic rings. The second-order valence-corrected chi connectivity index (χ2v) is 5.68. The van der Waals surface area contributed by atoms with Crippen LogP contribution in [-0.4, -0.2) is 15.1 Å². The molecule has 0 unspecified atom stereocenters. The van der Waals surface area contributed by atoms with Crippen molar-refractivity contribution in [3.63, 3.8) is 0 Å². The Morgan fingerprint density at radius 1 is 1.05 bits per heavy atom. The molecule has 1 aromatic carbocycles. The van der Waals surface area contributed by atoms with Crippen LogP contribution in [0.4, 0.5) is 0 Å². The molecule has 0 fully saturated rings. The summed E-state index contributed by atoms with van der Waals surface area (Å²) in [5, 5.41) is 4.19. The molecule has 0 N–H and O–H groups in total. The van der Waals surface area contributed by atoms with Crippen LogP contribution in [0.25, 0.3) is 11.5 Å². The highest BCUT2D eigenvalue weighted by Crippen LogP contribution is 2.33. The van der Waals surface area contributed by atoms with Gasteiger partial charge >= 0.3 is 0 Å². The Morgan fingerprint density at radius 3 is 2.55 bits per heavy atom. The first kappa shape index (κ1) is 12.9. The summed E-state index contributed by atoms with van der Waals surface area (Å²) in [6.07, 6.45) is 3.56. The summed E-state index contributed by atoms with van der Waals surface area (Å²) < 4.78 is 5.32. The van der Waals surface area contributed by atoms with E-state index >= 15 is 0 Å². The SMILES string of the molecule is C[C@H](Sc1ccncc1)c1noc(-c2ccccc2)n1. The number of rotatable bonds is 4. The molecular formula is C15H13N3OS. The van der Waals surface area contributed by atoms with Crippen LogP contribution in [-0.2, 0) is 0 Å². The summed E-state index contributed by atoms with van der Waals surface area (Å²) in [5.74, 6) is 1.26.